The van der Waals surface area contributed by atoms with Crippen molar-refractivity contribution in [1.82, 2.24) is 9.88 Å². The maximum absolute atomic E-state index is 12.5. The molecule has 0 saturated carbocycles. The molecule has 0 radical (unpaired) electrons. The Balaban J connectivity index is 2.00. The molecular weight excluding hydrogens is 272 g/mol. The van der Waals surface area contributed by atoms with Gasteiger partial charge >= 0.3 is 0 Å². The second kappa shape index (κ2) is 6.92. The standard InChI is InChI=1S/C14H24N4OS/c1-3-5-10-6-8-18(9-10)13(19)11-12(15)17-14(20-11)16-7-4-2/h10H,3-9,15H2,1-2H3,(H,16,17). The molecule has 1 atom stereocenters. The van der Waals surface area contributed by atoms with Crippen molar-refractivity contribution in [2.45, 2.75) is 39.5 Å². The van der Waals surface area contributed by atoms with E-state index in [0.717, 1.165) is 37.6 Å². The van der Waals surface area contributed by atoms with E-state index < -0.39 is 0 Å². The summed E-state index contributed by atoms with van der Waals surface area (Å²) in [6.45, 7) is 6.84. The van der Waals surface area contributed by atoms with Crippen LogP contribution in [0.25, 0.3) is 0 Å². The van der Waals surface area contributed by atoms with E-state index in [9.17, 15) is 4.79 Å². The van der Waals surface area contributed by atoms with Gasteiger partial charge < -0.3 is 16.0 Å². The van der Waals surface area contributed by atoms with E-state index in [1.54, 1.807) is 0 Å². The Labute approximate surface area is 124 Å². The summed E-state index contributed by atoms with van der Waals surface area (Å²) >= 11 is 1.37. The SMILES string of the molecule is CCCNc1nc(N)c(C(=O)N2CCC(CCC)C2)s1. The van der Waals surface area contributed by atoms with Gasteiger partial charge in [0.05, 0.1) is 0 Å². The van der Waals surface area contributed by atoms with Gasteiger partial charge in [-0.25, -0.2) is 4.98 Å². The average molecular weight is 296 g/mol. The molecule has 6 heteroatoms. The van der Waals surface area contributed by atoms with Gasteiger partial charge in [0, 0.05) is 19.6 Å². The molecule has 1 aromatic heterocycles. The van der Waals surface area contributed by atoms with Crippen LogP contribution in [0, 0.1) is 5.92 Å². The van der Waals surface area contributed by atoms with Crippen molar-refractivity contribution in [3.8, 4) is 0 Å². The first-order valence-electron chi connectivity index (χ1n) is 7.45. The van der Waals surface area contributed by atoms with Gasteiger partial charge in [0.1, 0.15) is 10.7 Å². The Bertz CT molecular complexity index is 460. The number of anilines is 2. The highest BCUT2D eigenvalue weighted by atomic mass is 32.1. The quantitative estimate of drug-likeness (QED) is 0.847. The molecule has 2 heterocycles. The molecule has 2 rings (SSSR count). The third-order valence-corrected chi connectivity index (χ3v) is 4.66. The molecular formula is C14H24N4OS. The van der Waals surface area contributed by atoms with E-state index in [-0.39, 0.29) is 5.91 Å². The number of amides is 1. The van der Waals surface area contributed by atoms with Gasteiger partial charge in [0.2, 0.25) is 0 Å². The normalized spacial score (nSPS) is 18.5. The number of likely N-dealkylation sites (tertiary alicyclic amines) is 1. The molecule has 1 aliphatic rings. The van der Waals surface area contributed by atoms with Crippen LogP contribution in [-0.2, 0) is 0 Å². The molecule has 1 aliphatic heterocycles. The second-order valence-corrected chi connectivity index (χ2v) is 6.35. The molecule has 112 valence electrons. The predicted octanol–water partition coefficient (Wildman–Crippen LogP) is 2.81. The van der Waals surface area contributed by atoms with Gasteiger partial charge in [-0.15, -0.1) is 0 Å². The van der Waals surface area contributed by atoms with Crippen LogP contribution in [0.3, 0.4) is 0 Å². The van der Waals surface area contributed by atoms with E-state index in [4.69, 9.17) is 5.73 Å². The van der Waals surface area contributed by atoms with Crippen LogP contribution in [0.2, 0.25) is 0 Å². The van der Waals surface area contributed by atoms with Gasteiger partial charge in [-0.05, 0) is 25.2 Å². The third-order valence-electron chi connectivity index (χ3n) is 3.64. The monoisotopic (exact) mass is 296 g/mol. The predicted molar refractivity (Wildman–Crippen MR) is 84.2 cm³/mol. The number of nitrogens with two attached hydrogens (primary N) is 1. The van der Waals surface area contributed by atoms with Crippen LogP contribution in [0.15, 0.2) is 0 Å². The zero-order chi connectivity index (χ0) is 14.5. The molecule has 0 bridgehead atoms. The van der Waals surface area contributed by atoms with Crippen molar-refractivity contribution < 1.29 is 4.79 Å². The summed E-state index contributed by atoms with van der Waals surface area (Å²) in [4.78, 5) is 19.2. The minimum absolute atomic E-state index is 0.0446. The highest BCUT2D eigenvalue weighted by Crippen LogP contribution is 2.29. The number of hydrogen-bond acceptors (Lipinski definition) is 5. The summed E-state index contributed by atoms with van der Waals surface area (Å²) in [5.41, 5.74) is 5.89. The fourth-order valence-corrected chi connectivity index (χ4v) is 3.48. The zero-order valence-electron chi connectivity index (χ0n) is 12.3. The van der Waals surface area contributed by atoms with Crippen LogP contribution >= 0.6 is 11.3 Å². The molecule has 1 amide bonds. The van der Waals surface area contributed by atoms with E-state index in [2.05, 4.69) is 24.1 Å². The molecule has 0 spiro atoms. The molecule has 0 aromatic carbocycles. The molecule has 3 N–H and O–H groups in total. The lowest BCUT2D eigenvalue weighted by atomic mass is 10.0. The molecule has 20 heavy (non-hydrogen) atoms. The molecule has 5 nitrogen and oxygen atoms in total. The summed E-state index contributed by atoms with van der Waals surface area (Å²) < 4.78 is 0. The van der Waals surface area contributed by atoms with Gasteiger partial charge in [-0.2, -0.15) is 0 Å². The van der Waals surface area contributed by atoms with Crippen molar-refractivity contribution in [2.24, 2.45) is 5.92 Å². The zero-order valence-corrected chi connectivity index (χ0v) is 13.1. The third kappa shape index (κ3) is 3.42. The fraction of sp³-hybridized carbons (Fsp3) is 0.714. The molecule has 1 fully saturated rings. The highest BCUT2D eigenvalue weighted by molar-refractivity contribution is 7.18. The lowest BCUT2D eigenvalue weighted by Crippen LogP contribution is -2.28. The summed E-state index contributed by atoms with van der Waals surface area (Å²) in [6, 6.07) is 0. The van der Waals surface area contributed by atoms with Crippen molar-refractivity contribution in [3.05, 3.63) is 4.88 Å². The molecule has 1 saturated heterocycles. The highest BCUT2D eigenvalue weighted by Gasteiger charge is 2.29. The van der Waals surface area contributed by atoms with Crippen LogP contribution in [0.1, 0.15) is 49.2 Å². The van der Waals surface area contributed by atoms with E-state index in [0.29, 0.717) is 16.6 Å². The number of nitrogens with one attached hydrogen (secondary N) is 1. The minimum Gasteiger partial charge on any atom is -0.382 e. The van der Waals surface area contributed by atoms with E-state index in [1.807, 2.05) is 4.90 Å². The van der Waals surface area contributed by atoms with Gasteiger partial charge in [0.15, 0.2) is 5.13 Å². The molecule has 1 unspecified atom stereocenters. The van der Waals surface area contributed by atoms with Crippen molar-refractivity contribution in [3.63, 3.8) is 0 Å². The smallest absolute Gasteiger partial charge is 0.267 e. The largest absolute Gasteiger partial charge is 0.382 e. The number of nitrogens with zero attached hydrogens (tertiary/aromatic N) is 2. The van der Waals surface area contributed by atoms with Crippen molar-refractivity contribution >= 4 is 28.2 Å². The Hall–Kier alpha value is -1.30. The van der Waals surface area contributed by atoms with Crippen LogP contribution in [0.5, 0.6) is 0 Å². The maximum atomic E-state index is 12.5. The maximum Gasteiger partial charge on any atom is 0.267 e. The van der Waals surface area contributed by atoms with Gasteiger partial charge in [-0.1, -0.05) is 31.6 Å². The fourth-order valence-electron chi connectivity index (χ4n) is 2.60. The number of aromatic nitrogens is 1. The lowest BCUT2D eigenvalue weighted by Gasteiger charge is -2.15. The average Bonchev–Trinajstić information content (AvgIpc) is 3.03. The van der Waals surface area contributed by atoms with E-state index in [1.165, 1.54) is 24.2 Å². The Morgan fingerprint density at radius 1 is 1.50 bits per heavy atom. The number of hydrogen-bond donors (Lipinski definition) is 2. The molecule has 0 aliphatic carbocycles. The van der Waals surface area contributed by atoms with Gasteiger partial charge in [-0.3, -0.25) is 4.79 Å². The topological polar surface area (TPSA) is 71.2 Å². The number of carbonyl (C=O) groups is 1. The Kier molecular flexibility index (Phi) is 5.23. The van der Waals surface area contributed by atoms with Gasteiger partial charge in [0.25, 0.3) is 5.91 Å². The van der Waals surface area contributed by atoms with Crippen LogP contribution < -0.4 is 11.1 Å². The number of rotatable bonds is 6. The minimum atomic E-state index is 0.0446. The summed E-state index contributed by atoms with van der Waals surface area (Å²) in [5, 5.41) is 3.93. The van der Waals surface area contributed by atoms with Crippen LogP contribution in [0.4, 0.5) is 10.9 Å². The van der Waals surface area contributed by atoms with Crippen LogP contribution in [-0.4, -0.2) is 35.4 Å². The second-order valence-electron chi connectivity index (χ2n) is 5.35. The number of carbonyl (C=O) groups excluding carboxylic acids is 1. The molecule has 1 aromatic rings. The number of nitrogen functional groups attached to an aromatic ring is 1. The Morgan fingerprint density at radius 2 is 2.30 bits per heavy atom. The first-order chi connectivity index (χ1) is 9.65. The van der Waals surface area contributed by atoms with E-state index >= 15 is 0 Å². The first kappa shape index (κ1) is 15.1. The first-order valence-corrected chi connectivity index (χ1v) is 8.26. The van der Waals surface area contributed by atoms with Crippen molar-refractivity contribution in [1.29, 1.82) is 0 Å². The summed E-state index contributed by atoms with van der Waals surface area (Å²) in [6.07, 6.45) is 4.51. The van der Waals surface area contributed by atoms with Crippen molar-refractivity contribution in [2.75, 3.05) is 30.7 Å². The lowest BCUT2D eigenvalue weighted by molar-refractivity contribution is 0.0792. The summed E-state index contributed by atoms with van der Waals surface area (Å²) in [5.74, 6) is 1.05. The Morgan fingerprint density at radius 3 is 3.00 bits per heavy atom. The summed E-state index contributed by atoms with van der Waals surface area (Å²) in [7, 11) is 0. The number of thiazole rings is 1.